The minimum atomic E-state index is -0.543. The highest BCUT2D eigenvalue weighted by molar-refractivity contribution is 6.11. The van der Waals surface area contributed by atoms with Crippen molar-refractivity contribution in [1.82, 2.24) is 0 Å². The average Bonchev–Trinajstić information content (AvgIpc) is 2.87. The molecule has 6 atom stereocenters. The summed E-state index contributed by atoms with van der Waals surface area (Å²) in [5.74, 6) is 0.772. The van der Waals surface area contributed by atoms with Crippen LogP contribution in [-0.2, 0) is 14.2 Å². The second-order valence-corrected chi connectivity index (χ2v) is 5.61. The molecular formula is C13H22B2O4. The van der Waals surface area contributed by atoms with E-state index in [0.717, 1.165) is 19.3 Å². The lowest BCUT2D eigenvalue weighted by molar-refractivity contribution is -0.126. The third-order valence-electron chi connectivity index (χ3n) is 4.09. The van der Waals surface area contributed by atoms with Crippen LogP contribution in [0.2, 0.25) is 5.82 Å². The van der Waals surface area contributed by atoms with Crippen molar-refractivity contribution in [1.29, 1.82) is 0 Å². The second-order valence-electron chi connectivity index (χ2n) is 5.61. The van der Waals surface area contributed by atoms with E-state index in [1.807, 2.05) is 0 Å². The Morgan fingerprint density at radius 1 is 1.26 bits per heavy atom. The molecule has 1 saturated carbocycles. The zero-order chi connectivity index (χ0) is 13.8. The summed E-state index contributed by atoms with van der Waals surface area (Å²) in [4.78, 5) is 0. The van der Waals surface area contributed by atoms with E-state index in [-0.39, 0.29) is 30.8 Å². The summed E-state index contributed by atoms with van der Waals surface area (Å²) in [6.07, 6.45) is 2.78. The summed E-state index contributed by atoms with van der Waals surface area (Å²) >= 11 is 0. The predicted molar refractivity (Wildman–Crippen MR) is 73.2 cm³/mol. The highest BCUT2D eigenvalue weighted by Gasteiger charge is 2.32. The molecule has 1 aliphatic carbocycles. The Hall–Kier alpha value is -0.0301. The van der Waals surface area contributed by atoms with Gasteiger partial charge in [-0.1, -0.05) is 25.6 Å². The fourth-order valence-electron chi connectivity index (χ4n) is 2.97. The Morgan fingerprint density at radius 2 is 2.05 bits per heavy atom. The third-order valence-corrected chi connectivity index (χ3v) is 4.09. The van der Waals surface area contributed by atoms with Gasteiger partial charge in [0.25, 0.3) is 0 Å². The first-order chi connectivity index (χ1) is 9.10. The van der Waals surface area contributed by atoms with Gasteiger partial charge >= 0.3 is 0 Å². The van der Waals surface area contributed by atoms with E-state index in [1.54, 1.807) is 0 Å². The van der Waals surface area contributed by atoms with Gasteiger partial charge in [-0.3, -0.25) is 0 Å². The SMILES string of the molecule is [B]C1CC(CC)C(OCOCC2OC([B])CC2O)C1. The van der Waals surface area contributed by atoms with E-state index in [2.05, 4.69) is 6.92 Å². The molecule has 4 nitrogen and oxygen atoms in total. The molecule has 6 unspecified atom stereocenters. The Balaban J connectivity index is 1.61. The molecular weight excluding hydrogens is 242 g/mol. The fourth-order valence-corrected chi connectivity index (χ4v) is 2.97. The summed E-state index contributed by atoms with van der Waals surface area (Å²) in [5, 5.41) is 9.64. The van der Waals surface area contributed by atoms with Gasteiger partial charge in [0.1, 0.15) is 20.7 Å². The summed E-state index contributed by atoms with van der Waals surface area (Å²) in [7, 11) is 11.5. The van der Waals surface area contributed by atoms with E-state index in [0.29, 0.717) is 18.9 Å². The Labute approximate surface area is 118 Å². The minimum Gasteiger partial charge on any atom is -0.390 e. The maximum Gasteiger partial charge on any atom is 0.147 e. The van der Waals surface area contributed by atoms with Gasteiger partial charge in [0.15, 0.2) is 0 Å². The van der Waals surface area contributed by atoms with Crippen LogP contribution >= 0.6 is 0 Å². The number of ether oxygens (including phenoxy) is 3. The Bertz CT molecular complexity index is 279. The fraction of sp³-hybridized carbons (Fsp3) is 1.00. The number of aliphatic hydroxyl groups excluding tert-OH is 1. The van der Waals surface area contributed by atoms with E-state index in [1.165, 1.54) is 0 Å². The summed E-state index contributed by atoms with van der Waals surface area (Å²) in [6.45, 7) is 2.68. The molecule has 2 aliphatic rings. The monoisotopic (exact) mass is 264 g/mol. The van der Waals surface area contributed by atoms with Gasteiger partial charge in [-0.15, -0.1) is 0 Å². The van der Waals surface area contributed by atoms with Gasteiger partial charge in [-0.25, -0.2) is 0 Å². The minimum absolute atomic E-state index is 0.191. The highest BCUT2D eigenvalue weighted by Crippen LogP contribution is 2.37. The van der Waals surface area contributed by atoms with Crippen molar-refractivity contribution < 1.29 is 19.3 Å². The second kappa shape index (κ2) is 7.11. The molecule has 0 aromatic rings. The largest absolute Gasteiger partial charge is 0.390 e. The van der Waals surface area contributed by atoms with Gasteiger partial charge in [0, 0.05) is 6.00 Å². The van der Waals surface area contributed by atoms with E-state index in [9.17, 15) is 5.11 Å². The molecule has 1 N–H and O–H groups in total. The van der Waals surface area contributed by atoms with Crippen LogP contribution in [0.1, 0.15) is 32.6 Å². The molecule has 19 heavy (non-hydrogen) atoms. The molecule has 0 aromatic carbocycles. The molecule has 0 amide bonds. The summed E-state index contributed by atoms with van der Waals surface area (Å²) in [5.41, 5.74) is 0. The summed E-state index contributed by atoms with van der Waals surface area (Å²) in [6, 6.07) is -0.387. The van der Waals surface area contributed by atoms with Crippen LogP contribution in [-0.4, -0.2) is 58.5 Å². The van der Waals surface area contributed by atoms with Crippen LogP contribution in [0.15, 0.2) is 0 Å². The average molecular weight is 264 g/mol. The molecule has 0 aromatic heterocycles. The number of rotatable bonds is 6. The lowest BCUT2D eigenvalue weighted by Crippen LogP contribution is -2.28. The Kier molecular flexibility index (Phi) is 5.75. The smallest absolute Gasteiger partial charge is 0.147 e. The first-order valence-corrected chi connectivity index (χ1v) is 7.14. The van der Waals surface area contributed by atoms with Crippen LogP contribution in [0.5, 0.6) is 0 Å². The van der Waals surface area contributed by atoms with Crippen LogP contribution in [0.25, 0.3) is 0 Å². The summed E-state index contributed by atoms with van der Waals surface area (Å²) < 4.78 is 16.5. The highest BCUT2D eigenvalue weighted by atomic mass is 16.7. The van der Waals surface area contributed by atoms with E-state index < -0.39 is 6.10 Å². The maximum atomic E-state index is 9.64. The van der Waals surface area contributed by atoms with Crippen LogP contribution in [0.3, 0.4) is 0 Å². The predicted octanol–water partition coefficient (Wildman–Crippen LogP) is 0.767. The number of hydrogen-bond donors (Lipinski definition) is 1. The molecule has 104 valence electrons. The third kappa shape index (κ3) is 4.22. The van der Waals surface area contributed by atoms with Crippen molar-refractivity contribution in [2.24, 2.45) is 5.92 Å². The molecule has 1 saturated heterocycles. The lowest BCUT2D eigenvalue weighted by Gasteiger charge is -2.20. The van der Waals surface area contributed by atoms with Crippen LogP contribution in [0, 0.1) is 5.92 Å². The van der Waals surface area contributed by atoms with Crippen molar-refractivity contribution in [3.05, 3.63) is 0 Å². The molecule has 0 bridgehead atoms. The van der Waals surface area contributed by atoms with Crippen molar-refractivity contribution in [3.8, 4) is 0 Å². The Morgan fingerprint density at radius 3 is 2.68 bits per heavy atom. The van der Waals surface area contributed by atoms with Crippen LogP contribution < -0.4 is 0 Å². The van der Waals surface area contributed by atoms with Gasteiger partial charge in [-0.2, -0.15) is 0 Å². The molecule has 2 rings (SSSR count). The van der Waals surface area contributed by atoms with Crippen molar-refractivity contribution >= 4 is 15.7 Å². The van der Waals surface area contributed by atoms with Gasteiger partial charge in [0.05, 0.1) is 26.7 Å². The molecule has 0 spiro atoms. The molecule has 4 radical (unpaired) electrons. The van der Waals surface area contributed by atoms with E-state index >= 15 is 0 Å². The quantitative estimate of drug-likeness (QED) is 0.437. The van der Waals surface area contributed by atoms with Gasteiger partial charge < -0.3 is 19.3 Å². The van der Waals surface area contributed by atoms with Gasteiger partial charge in [-0.05, 0) is 18.8 Å². The van der Waals surface area contributed by atoms with Crippen molar-refractivity contribution in [3.63, 3.8) is 0 Å². The van der Waals surface area contributed by atoms with Crippen molar-refractivity contribution in [2.45, 2.75) is 62.7 Å². The van der Waals surface area contributed by atoms with Crippen LogP contribution in [0.4, 0.5) is 0 Å². The zero-order valence-electron chi connectivity index (χ0n) is 11.5. The first-order valence-electron chi connectivity index (χ1n) is 7.14. The standard InChI is InChI=1S/C13H22B2O4/c1-2-8-3-9(14)4-11(8)18-7-17-6-12-10(16)5-13(15)19-12/h8-13,16H,2-7H2,1H3. The maximum absolute atomic E-state index is 9.64. The van der Waals surface area contributed by atoms with Crippen molar-refractivity contribution in [2.75, 3.05) is 13.4 Å². The molecule has 1 heterocycles. The van der Waals surface area contributed by atoms with Gasteiger partial charge in [0.2, 0.25) is 0 Å². The zero-order valence-corrected chi connectivity index (χ0v) is 11.5. The molecule has 1 aliphatic heterocycles. The molecule has 2 fully saturated rings. The lowest BCUT2D eigenvalue weighted by atomic mass is 9.85. The topological polar surface area (TPSA) is 47.9 Å². The first kappa shape index (κ1) is 15.4. The van der Waals surface area contributed by atoms with E-state index in [4.69, 9.17) is 29.9 Å². The number of aliphatic hydroxyl groups is 1. The molecule has 6 heteroatoms. The number of hydrogen-bond acceptors (Lipinski definition) is 4. The normalized spacial score (nSPS) is 42.8.